The fourth-order valence-corrected chi connectivity index (χ4v) is 1.94. The number of nitrogens with two attached hydrogens (primary N) is 1. The van der Waals surface area contributed by atoms with Gasteiger partial charge in [-0.15, -0.1) is 0 Å². The molecule has 2 rings (SSSR count). The van der Waals surface area contributed by atoms with E-state index in [1.807, 2.05) is 18.2 Å². The molecule has 0 heterocycles. The van der Waals surface area contributed by atoms with Crippen molar-refractivity contribution in [3.05, 3.63) is 60.2 Å². The third-order valence-corrected chi connectivity index (χ3v) is 2.95. The Labute approximate surface area is 113 Å². The number of benzene rings is 2. The Hall–Kier alpha value is -2.13. The van der Waals surface area contributed by atoms with E-state index in [0.717, 1.165) is 13.0 Å². The number of amides is 1. The van der Waals surface area contributed by atoms with Gasteiger partial charge in [-0.05, 0) is 29.7 Å². The molecule has 19 heavy (non-hydrogen) atoms. The van der Waals surface area contributed by atoms with Gasteiger partial charge in [0.25, 0.3) is 0 Å². The van der Waals surface area contributed by atoms with Crippen LogP contribution in [-0.2, 0) is 11.2 Å². The van der Waals surface area contributed by atoms with Gasteiger partial charge >= 0.3 is 0 Å². The normalized spacial score (nSPS) is 10.3. The topological polar surface area (TPSA) is 55.1 Å². The summed E-state index contributed by atoms with van der Waals surface area (Å²) in [6.45, 7) is 0.996. The maximum absolute atomic E-state index is 10.6. The molecule has 0 atom stereocenters. The molecule has 2 aromatic carbocycles. The molecule has 3 N–H and O–H groups in total. The SMILES string of the molecule is NC(=O)CNCCc1ccc(-c2ccccc2)cc1. The van der Waals surface area contributed by atoms with E-state index >= 15 is 0 Å². The lowest BCUT2D eigenvalue weighted by atomic mass is 10.0. The van der Waals surface area contributed by atoms with Crippen LogP contribution in [0.15, 0.2) is 54.6 Å². The second kappa shape index (κ2) is 6.71. The van der Waals surface area contributed by atoms with Crippen LogP contribution in [0.3, 0.4) is 0 Å². The van der Waals surface area contributed by atoms with Crippen LogP contribution in [0.2, 0.25) is 0 Å². The molecule has 1 amide bonds. The lowest BCUT2D eigenvalue weighted by molar-refractivity contribution is -0.117. The third kappa shape index (κ3) is 4.23. The Morgan fingerprint density at radius 3 is 2.21 bits per heavy atom. The van der Waals surface area contributed by atoms with Crippen LogP contribution < -0.4 is 11.1 Å². The van der Waals surface area contributed by atoms with Gasteiger partial charge < -0.3 is 11.1 Å². The highest BCUT2D eigenvalue weighted by atomic mass is 16.1. The van der Waals surface area contributed by atoms with E-state index in [9.17, 15) is 4.79 Å². The summed E-state index contributed by atoms with van der Waals surface area (Å²) in [5.41, 5.74) is 8.74. The summed E-state index contributed by atoms with van der Waals surface area (Å²) in [5.74, 6) is -0.320. The molecule has 0 aromatic heterocycles. The van der Waals surface area contributed by atoms with Crippen LogP contribution in [0, 0.1) is 0 Å². The van der Waals surface area contributed by atoms with E-state index < -0.39 is 0 Å². The minimum atomic E-state index is -0.320. The summed E-state index contributed by atoms with van der Waals surface area (Å²) < 4.78 is 0. The summed E-state index contributed by atoms with van der Waals surface area (Å²) >= 11 is 0. The van der Waals surface area contributed by atoms with Crippen molar-refractivity contribution in [3.63, 3.8) is 0 Å². The van der Waals surface area contributed by atoms with Gasteiger partial charge in [0.15, 0.2) is 0 Å². The summed E-state index contributed by atoms with van der Waals surface area (Å²) in [5, 5.41) is 3.01. The van der Waals surface area contributed by atoms with E-state index in [4.69, 9.17) is 5.73 Å². The van der Waals surface area contributed by atoms with Crippen molar-refractivity contribution in [2.45, 2.75) is 6.42 Å². The van der Waals surface area contributed by atoms with Gasteiger partial charge in [-0.25, -0.2) is 0 Å². The molecule has 0 saturated carbocycles. The first kappa shape index (κ1) is 13.3. The molecule has 0 aliphatic heterocycles. The Morgan fingerprint density at radius 1 is 0.947 bits per heavy atom. The lowest BCUT2D eigenvalue weighted by Crippen LogP contribution is -2.29. The first-order chi connectivity index (χ1) is 9.25. The highest BCUT2D eigenvalue weighted by Crippen LogP contribution is 2.19. The molecule has 98 valence electrons. The standard InChI is InChI=1S/C16H18N2O/c17-16(19)12-18-11-10-13-6-8-15(9-7-13)14-4-2-1-3-5-14/h1-9,18H,10-12H2,(H2,17,19). The molecule has 0 fully saturated rings. The largest absolute Gasteiger partial charge is 0.369 e. The Kier molecular flexibility index (Phi) is 4.70. The summed E-state index contributed by atoms with van der Waals surface area (Å²) in [6.07, 6.45) is 0.891. The van der Waals surface area contributed by atoms with Crippen LogP contribution in [0.1, 0.15) is 5.56 Å². The van der Waals surface area contributed by atoms with Crippen molar-refractivity contribution in [2.75, 3.05) is 13.1 Å². The molecular formula is C16H18N2O. The molecule has 0 spiro atoms. The zero-order valence-electron chi connectivity index (χ0n) is 10.8. The minimum Gasteiger partial charge on any atom is -0.369 e. The molecule has 0 aliphatic carbocycles. The number of carbonyl (C=O) groups is 1. The predicted octanol–water partition coefficient (Wildman–Crippen LogP) is 1.97. The first-order valence-corrected chi connectivity index (χ1v) is 6.39. The fourth-order valence-electron chi connectivity index (χ4n) is 1.94. The third-order valence-electron chi connectivity index (χ3n) is 2.95. The molecule has 2 aromatic rings. The van der Waals surface area contributed by atoms with Gasteiger partial charge in [0, 0.05) is 0 Å². The van der Waals surface area contributed by atoms with Crippen LogP contribution in [0.25, 0.3) is 11.1 Å². The smallest absolute Gasteiger partial charge is 0.231 e. The number of nitrogens with one attached hydrogen (secondary N) is 1. The first-order valence-electron chi connectivity index (χ1n) is 6.39. The van der Waals surface area contributed by atoms with Crippen LogP contribution in [-0.4, -0.2) is 19.0 Å². The number of carbonyl (C=O) groups excluding carboxylic acids is 1. The van der Waals surface area contributed by atoms with Gasteiger partial charge in [0.2, 0.25) is 5.91 Å². The molecule has 0 bridgehead atoms. The van der Waals surface area contributed by atoms with Crippen LogP contribution >= 0.6 is 0 Å². The highest BCUT2D eigenvalue weighted by molar-refractivity contribution is 5.75. The quantitative estimate of drug-likeness (QED) is 0.774. The van der Waals surface area contributed by atoms with Gasteiger partial charge in [0.05, 0.1) is 6.54 Å². The predicted molar refractivity (Wildman–Crippen MR) is 77.6 cm³/mol. The van der Waals surface area contributed by atoms with Gasteiger partial charge in [-0.2, -0.15) is 0 Å². The second-order valence-corrected chi connectivity index (χ2v) is 4.46. The number of rotatable bonds is 6. The zero-order chi connectivity index (χ0) is 13.5. The summed E-state index contributed by atoms with van der Waals surface area (Å²) in [4.78, 5) is 10.6. The zero-order valence-corrected chi connectivity index (χ0v) is 10.8. The van der Waals surface area contributed by atoms with E-state index in [1.165, 1.54) is 16.7 Å². The van der Waals surface area contributed by atoms with Crippen molar-refractivity contribution < 1.29 is 4.79 Å². The maximum Gasteiger partial charge on any atom is 0.231 e. The van der Waals surface area contributed by atoms with Crippen molar-refractivity contribution in [1.82, 2.24) is 5.32 Å². The Morgan fingerprint density at radius 2 is 1.58 bits per heavy atom. The second-order valence-electron chi connectivity index (χ2n) is 4.46. The van der Waals surface area contributed by atoms with Gasteiger partial charge in [0.1, 0.15) is 0 Å². The fraction of sp³-hybridized carbons (Fsp3) is 0.188. The van der Waals surface area contributed by atoms with E-state index in [-0.39, 0.29) is 12.5 Å². The molecular weight excluding hydrogens is 236 g/mol. The van der Waals surface area contributed by atoms with Gasteiger partial charge in [-0.3, -0.25) is 4.79 Å². The number of hydrogen-bond acceptors (Lipinski definition) is 2. The number of hydrogen-bond donors (Lipinski definition) is 2. The van der Waals surface area contributed by atoms with Crippen molar-refractivity contribution >= 4 is 5.91 Å². The van der Waals surface area contributed by atoms with Crippen molar-refractivity contribution in [1.29, 1.82) is 0 Å². The highest BCUT2D eigenvalue weighted by Gasteiger charge is 1.98. The molecule has 0 radical (unpaired) electrons. The average Bonchev–Trinajstić information content (AvgIpc) is 2.45. The number of primary amides is 1. The van der Waals surface area contributed by atoms with Crippen LogP contribution in [0.4, 0.5) is 0 Å². The molecule has 3 heteroatoms. The average molecular weight is 254 g/mol. The Bertz CT molecular complexity index is 520. The molecule has 3 nitrogen and oxygen atoms in total. The Balaban J connectivity index is 1.90. The minimum absolute atomic E-state index is 0.238. The van der Waals surface area contributed by atoms with Crippen LogP contribution in [0.5, 0.6) is 0 Å². The van der Waals surface area contributed by atoms with E-state index in [1.54, 1.807) is 0 Å². The van der Waals surface area contributed by atoms with Crippen molar-refractivity contribution in [3.8, 4) is 11.1 Å². The van der Waals surface area contributed by atoms with E-state index in [0.29, 0.717) is 0 Å². The maximum atomic E-state index is 10.6. The van der Waals surface area contributed by atoms with E-state index in [2.05, 4.69) is 41.7 Å². The van der Waals surface area contributed by atoms with Gasteiger partial charge in [-0.1, -0.05) is 54.6 Å². The lowest BCUT2D eigenvalue weighted by Gasteiger charge is -2.05. The van der Waals surface area contributed by atoms with Crippen molar-refractivity contribution in [2.24, 2.45) is 5.73 Å². The molecule has 0 saturated heterocycles. The molecule has 0 unspecified atom stereocenters. The monoisotopic (exact) mass is 254 g/mol. The molecule has 0 aliphatic rings. The summed E-state index contributed by atoms with van der Waals surface area (Å²) in [7, 11) is 0. The summed E-state index contributed by atoms with van der Waals surface area (Å²) in [6, 6.07) is 18.8.